The number of likely N-dealkylation sites (N-methyl/N-ethyl adjacent to an activating group) is 1. The van der Waals surface area contributed by atoms with Gasteiger partial charge in [0.05, 0.1) is 6.04 Å². The van der Waals surface area contributed by atoms with Crippen LogP contribution in [-0.4, -0.2) is 23.8 Å². The third-order valence-electron chi connectivity index (χ3n) is 2.95. The molecule has 1 atom stereocenters. The highest BCUT2D eigenvalue weighted by atomic mass is 16.1. The molecule has 1 aliphatic heterocycles. The van der Waals surface area contributed by atoms with Gasteiger partial charge in [0.15, 0.2) is 0 Å². The highest BCUT2D eigenvalue weighted by Gasteiger charge is 2.25. The molecule has 0 saturated heterocycles. The Hall–Kier alpha value is -1.15. The van der Waals surface area contributed by atoms with Crippen LogP contribution in [0, 0.1) is 0 Å². The van der Waals surface area contributed by atoms with Crippen molar-refractivity contribution in [3.63, 3.8) is 0 Å². The lowest BCUT2D eigenvalue weighted by molar-refractivity contribution is -0.122. The lowest BCUT2D eigenvalue weighted by atomic mass is 9.93. The Morgan fingerprint density at radius 2 is 1.61 bits per heavy atom. The Labute approximate surface area is 112 Å². The van der Waals surface area contributed by atoms with E-state index in [1.54, 1.807) is 6.92 Å². The van der Waals surface area contributed by atoms with E-state index < -0.39 is 0 Å². The van der Waals surface area contributed by atoms with Gasteiger partial charge in [-0.1, -0.05) is 52.0 Å². The Morgan fingerprint density at radius 3 is 2.11 bits per heavy atom. The lowest BCUT2D eigenvalue weighted by Gasteiger charge is -2.32. The van der Waals surface area contributed by atoms with Crippen molar-refractivity contribution in [3.05, 3.63) is 35.4 Å². The number of benzene rings is 1. The molecule has 0 bridgehead atoms. The zero-order valence-electron chi connectivity index (χ0n) is 12.7. The number of rotatable bonds is 1. The number of nitrogens with zero attached hydrogens (tertiary/aromatic N) is 1. The molecular weight excluding hydrogens is 222 g/mol. The third kappa shape index (κ3) is 4.26. The van der Waals surface area contributed by atoms with E-state index in [1.165, 1.54) is 11.1 Å². The molecule has 102 valence electrons. The Kier molecular flexibility index (Phi) is 8.30. The van der Waals surface area contributed by atoms with Gasteiger partial charge >= 0.3 is 0 Å². The number of carbonyl (C=O) groups is 1. The summed E-state index contributed by atoms with van der Waals surface area (Å²) in [5.74, 6) is 0.266. The average molecular weight is 249 g/mol. The van der Waals surface area contributed by atoms with E-state index in [-0.39, 0.29) is 11.8 Å². The molecule has 0 aromatic heterocycles. The van der Waals surface area contributed by atoms with Gasteiger partial charge in [-0.25, -0.2) is 0 Å². The molecule has 18 heavy (non-hydrogen) atoms. The van der Waals surface area contributed by atoms with Gasteiger partial charge in [-0.2, -0.15) is 0 Å². The first kappa shape index (κ1) is 16.9. The fraction of sp³-hybridized carbons (Fsp3) is 0.562. The Morgan fingerprint density at radius 1 is 1.11 bits per heavy atom. The molecule has 0 aliphatic carbocycles. The molecule has 2 rings (SSSR count). The maximum Gasteiger partial charge on any atom is 0.147 e. The first-order valence-electron chi connectivity index (χ1n) is 6.96. The second-order valence-corrected chi connectivity index (χ2v) is 4.01. The second-order valence-electron chi connectivity index (χ2n) is 4.01. The van der Waals surface area contributed by atoms with Crippen molar-refractivity contribution in [1.82, 2.24) is 4.90 Å². The van der Waals surface area contributed by atoms with Crippen LogP contribution in [0.5, 0.6) is 0 Å². The summed E-state index contributed by atoms with van der Waals surface area (Å²) in [4.78, 5) is 13.5. The highest BCUT2D eigenvalue weighted by Crippen LogP contribution is 2.21. The van der Waals surface area contributed by atoms with Gasteiger partial charge in [0.25, 0.3) is 0 Å². The number of hydrogen-bond acceptors (Lipinski definition) is 2. The Balaban J connectivity index is 0.000000659. The molecule has 0 radical (unpaired) electrons. The Bertz CT molecular complexity index is 360. The zero-order valence-corrected chi connectivity index (χ0v) is 12.7. The summed E-state index contributed by atoms with van der Waals surface area (Å²) in [6, 6.07) is 8.44. The fourth-order valence-electron chi connectivity index (χ4n) is 2.11. The quantitative estimate of drug-likeness (QED) is 0.756. The van der Waals surface area contributed by atoms with Crippen LogP contribution in [-0.2, 0) is 17.8 Å². The first-order chi connectivity index (χ1) is 8.68. The topological polar surface area (TPSA) is 20.3 Å². The monoisotopic (exact) mass is 249 g/mol. The lowest BCUT2D eigenvalue weighted by Crippen LogP contribution is -2.42. The summed E-state index contributed by atoms with van der Waals surface area (Å²) in [7, 11) is 2.02. The minimum absolute atomic E-state index is 0.0740. The molecule has 1 aromatic carbocycles. The maximum atomic E-state index is 11.4. The van der Waals surface area contributed by atoms with E-state index in [9.17, 15) is 4.79 Å². The first-order valence-corrected chi connectivity index (χ1v) is 6.96. The minimum Gasteiger partial charge on any atom is -0.298 e. The molecule has 2 heteroatoms. The van der Waals surface area contributed by atoms with Crippen molar-refractivity contribution >= 4 is 5.78 Å². The number of fused-ring (bicyclic) bond motifs is 1. The van der Waals surface area contributed by atoms with Crippen LogP contribution in [0.4, 0.5) is 0 Å². The summed E-state index contributed by atoms with van der Waals surface area (Å²) in [6.07, 6.45) is 0.863. The average Bonchev–Trinajstić information content (AvgIpc) is 2.42. The maximum absolute atomic E-state index is 11.4. The molecule has 1 unspecified atom stereocenters. The van der Waals surface area contributed by atoms with Gasteiger partial charge in [0.2, 0.25) is 0 Å². The van der Waals surface area contributed by atoms with Crippen LogP contribution in [0.15, 0.2) is 24.3 Å². The van der Waals surface area contributed by atoms with Crippen molar-refractivity contribution in [2.75, 3.05) is 7.05 Å². The van der Waals surface area contributed by atoms with Gasteiger partial charge in [-0.15, -0.1) is 0 Å². The van der Waals surface area contributed by atoms with E-state index in [2.05, 4.69) is 23.1 Å². The number of carbonyl (C=O) groups excluding carboxylic acids is 1. The largest absolute Gasteiger partial charge is 0.298 e. The summed E-state index contributed by atoms with van der Waals surface area (Å²) >= 11 is 0. The summed E-state index contributed by atoms with van der Waals surface area (Å²) in [5.41, 5.74) is 2.68. The minimum atomic E-state index is 0.0740. The van der Waals surface area contributed by atoms with Gasteiger partial charge in [0, 0.05) is 6.54 Å². The summed E-state index contributed by atoms with van der Waals surface area (Å²) in [5, 5.41) is 0. The number of Topliss-reactive ketones (excluding diaryl/α,β-unsaturated/α-hetero) is 1. The zero-order chi connectivity index (χ0) is 14.1. The predicted molar refractivity (Wildman–Crippen MR) is 78.8 cm³/mol. The molecule has 0 spiro atoms. The van der Waals surface area contributed by atoms with Crippen LogP contribution in [0.25, 0.3) is 0 Å². The van der Waals surface area contributed by atoms with E-state index in [0.29, 0.717) is 0 Å². The molecule has 0 fully saturated rings. The highest BCUT2D eigenvalue weighted by molar-refractivity contribution is 5.82. The van der Waals surface area contributed by atoms with Gasteiger partial charge in [-0.3, -0.25) is 9.69 Å². The second kappa shape index (κ2) is 8.87. The molecule has 1 aromatic rings. The van der Waals surface area contributed by atoms with Crippen LogP contribution < -0.4 is 0 Å². The number of ketones is 1. The molecular formula is C16H27NO. The van der Waals surface area contributed by atoms with E-state index in [1.807, 2.05) is 40.8 Å². The molecule has 0 saturated carbocycles. The van der Waals surface area contributed by atoms with Crippen LogP contribution in [0.3, 0.4) is 0 Å². The van der Waals surface area contributed by atoms with E-state index >= 15 is 0 Å². The van der Waals surface area contributed by atoms with Crippen molar-refractivity contribution in [3.8, 4) is 0 Å². The standard InChI is InChI=1S/C12H15NO.2C2H6/c1-9(14)12-7-10-5-3-4-6-11(10)8-13(12)2;2*1-2/h3-6,12H,7-8H2,1-2H3;2*1-2H3. The SMILES string of the molecule is CC.CC.CC(=O)C1Cc2ccccc2CN1C. The van der Waals surface area contributed by atoms with Crippen molar-refractivity contribution in [1.29, 1.82) is 0 Å². The van der Waals surface area contributed by atoms with Gasteiger partial charge in [-0.05, 0) is 31.5 Å². The molecule has 2 nitrogen and oxygen atoms in total. The smallest absolute Gasteiger partial charge is 0.147 e. The summed E-state index contributed by atoms with van der Waals surface area (Å²) in [6.45, 7) is 10.6. The summed E-state index contributed by atoms with van der Waals surface area (Å²) < 4.78 is 0. The number of hydrogen-bond donors (Lipinski definition) is 0. The van der Waals surface area contributed by atoms with Crippen LogP contribution >= 0.6 is 0 Å². The van der Waals surface area contributed by atoms with Crippen LogP contribution in [0.1, 0.15) is 45.7 Å². The van der Waals surface area contributed by atoms with Crippen molar-refractivity contribution in [2.45, 2.75) is 53.6 Å². The normalized spacial score (nSPS) is 17.6. The predicted octanol–water partition coefficient (Wildman–Crippen LogP) is 3.68. The molecule has 0 N–H and O–H groups in total. The van der Waals surface area contributed by atoms with Gasteiger partial charge in [0.1, 0.15) is 5.78 Å². The molecule has 1 heterocycles. The van der Waals surface area contributed by atoms with Crippen LogP contribution in [0.2, 0.25) is 0 Å². The van der Waals surface area contributed by atoms with Crippen molar-refractivity contribution < 1.29 is 4.79 Å². The van der Waals surface area contributed by atoms with E-state index in [4.69, 9.17) is 0 Å². The molecule has 0 amide bonds. The third-order valence-corrected chi connectivity index (χ3v) is 2.95. The fourth-order valence-corrected chi connectivity index (χ4v) is 2.11. The molecule has 1 aliphatic rings. The van der Waals surface area contributed by atoms with Gasteiger partial charge < -0.3 is 0 Å². The van der Waals surface area contributed by atoms with E-state index in [0.717, 1.165) is 13.0 Å². The van der Waals surface area contributed by atoms with Crippen molar-refractivity contribution in [2.24, 2.45) is 0 Å².